The van der Waals surface area contributed by atoms with E-state index in [-0.39, 0.29) is 12.6 Å². The first kappa shape index (κ1) is 14.1. The summed E-state index contributed by atoms with van der Waals surface area (Å²) in [6.07, 6.45) is 3.04. The van der Waals surface area contributed by atoms with Crippen LogP contribution in [0.15, 0.2) is 29.2 Å². The van der Waals surface area contributed by atoms with E-state index in [0.29, 0.717) is 5.56 Å². The van der Waals surface area contributed by atoms with Crippen molar-refractivity contribution in [2.24, 2.45) is 0 Å². The van der Waals surface area contributed by atoms with E-state index in [4.69, 9.17) is 5.11 Å². The Bertz CT molecular complexity index is 335. The summed E-state index contributed by atoms with van der Waals surface area (Å²) in [4.78, 5) is 12.4. The molecule has 0 amide bonds. The lowest BCUT2D eigenvalue weighted by Gasteiger charge is -2.03. The van der Waals surface area contributed by atoms with E-state index in [9.17, 15) is 4.79 Å². The molecule has 17 heavy (non-hydrogen) atoms. The van der Waals surface area contributed by atoms with E-state index in [1.54, 1.807) is 23.9 Å². The van der Waals surface area contributed by atoms with Crippen molar-refractivity contribution in [3.05, 3.63) is 29.8 Å². The summed E-state index contributed by atoms with van der Waals surface area (Å²) < 4.78 is 4.63. The third-order valence-electron chi connectivity index (χ3n) is 2.35. The minimum Gasteiger partial charge on any atom is -0.465 e. The number of aliphatic hydroxyl groups is 1. The van der Waals surface area contributed by atoms with E-state index in [1.165, 1.54) is 7.11 Å². The molecule has 0 saturated carbocycles. The molecular weight excluding hydrogens is 236 g/mol. The molecule has 0 radical (unpaired) electrons. The number of esters is 1. The molecule has 1 aromatic carbocycles. The van der Waals surface area contributed by atoms with Crippen molar-refractivity contribution in [2.45, 2.75) is 24.2 Å². The van der Waals surface area contributed by atoms with E-state index in [0.717, 1.165) is 29.9 Å². The molecule has 0 bridgehead atoms. The summed E-state index contributed by atoms with van der Waals surface area (Å²) in [6.45, 7) is 0.276. The molecule has 0 spiro atoms. The zero-order chi connectivity index (χ0) is 12.5. The third-order valence-corrected chi connectivity index (χ3v) is 3.44. The fourth-order valence-corrected chi connectivity index (χ4v) is 2.30. The quantitative estimate of drug-likeness (QED) is 0.462. The van der Waals surface area contributed by atoms with Gasteiger partial charge in [0.15, 0.2) is 0 Å². The Balaban J connectivity index is 2.33. The van der Waals surface area contributed by atoms with E-state index in [2.05, 4.69) is 4.74 Å². The van der Waals surface area contributed by atoms with Crippen molar-refractivity contribution >= 4 is 17.7 Å². The molecule has 0 atom stereocenters. The number of hydrogen-bond donors (Lipinski definition) is 1. The van der Waals surface area contributed by atoms with Crippen LogP contribution in [0, 0.1) is 0 Å². The Morgan fingerprint density at radius 2 is 1.94 bits per heavy atom. The van der Waals surface area contributed by atoms with Gasteiger partial charge in [-0.05, 0) is 42.9 Å². The predicted octanol–water partition coefficient (Wildman–Crippen LogP) is 2.73. The van der Waals surface area contributed by atoms with Crippen molar-refractivity contribution in [3.63, 3.8) is 0 Å². The van der Waals surface area contributed by atoms with Gasteiger partial charge in [-0.25, -0.2) is 4.79 Å². The highest BCUT2D eigenvalue weighted by molar-refractivity contribution is 7.99. The van der Waals surface area contributed by atoms with Gasteiger partial charge in [0.2, 0.25) is 0 Å². The van der Waals surface area contributed by atoms with Crippen LogP contribution in [-0.2, 0) is 4.74 Å². The molecule has 0 saturated heterocycles. The summed E-state index contributed by atoms with van der Waals surface area (Å²) in [5, 5.41) is 8.64. The summed E-state index contributed by atoms with van der Waals surface area (Å²) in [5.41, 5.74) is 0.581. The number of carbonyl (C=O) groups excluding carboxylic acids is 1. The van der Waals surface area contributed by atoms with E-state index < -0.39 is 0 Å². The maximum Gasteiger partial charge on any atom is 0.337 e. The van der Waals surface area contributed by atoms with Crippen molar-refractivity contribution in [2.75, 3.05) is 19.5 Å². The average molecular weight is 254 g/mol. The smallest absolute Gasteiger partial charge is 0.337 e. The highest BCUT2D eigenvalue weighted by Gasteiger charge is 2.04. The van der Waals surface area contributed by atoms with Gasteiger partial charge >= 0.3 is 5.97 Å². The van der Waals surface area contributed by atoms with Crippen LogP contribution in [0.1, 0.15) is 29.6 Å². The van der Waals surface area contributed by atoms with Crippen LogP contribution in [0.2, 0.25) is 0 Å². The number of hydrogen-bond acceptors (Lipinski definition) is 4. The Morgan fingerprint density at radius 3 is 2.53 bits per heavy atom. The highest BCUT2D eigenvalue weighted by atomic mass is 32.2. The zero-order valence-corrected chi connectivity index (χ0v) is 10.8. The van der Waals surface area contributed by atoms with Crippen LogP contribution < -0.4 is 0 Å². The molecule has 1 rings (SSSR count). The summed E-state index contributed by atoms with van der Waals surface area (Å²) in [5.74, 6) is 0.738. The Kier molecular flexibility index (Phi) is 6.74. The normalized spacial score (nSPS) is 10.2. The minimum absolute atomic E-state index is 0.276. The molecule has 0 aliphatic carbocycles. The molecule has 0 aromatic heterocycles. The average Bonchev–Trinajstić information content (AvgIpc) is 2.38. The number of aliphatic hydroxyl groups excluding tert-OH is 1. The van der Waals surface area contributed by atoms with Crippen LogP contribution in [0.3, 0.4) is 0 Å². The molecule has 94 valence electrons. The zero-order valence-electron chi connectivity index (χ0n) is 10.0. The van der Waals surface area contributed by atoms with Crippen molar-refractivity contribution in [3.8, 4) is 0 Å². The van der Waals surface area contributed by atoms with Crippen molar-refractivity contribution < 1.29 is 14.6 Å². The number of rotatable bonds is 7. The Labute approximate surface area is 106 Å². The fourth-order valence-electron chi connectivity index (χ4n) is 1.39. The first-order chi connectivity index (χ1) is 8.27. The lowest BCUT2D eigenvalue weighted by molar-refractivity contribution is 0.0600. The minimum atomic E-state index is -0.301. The van der Waals surface area contributed by atoms with Gasteiger partial charge in [0, 0.05) is 11.5 Å². The van der Waals surface area contributed by atoms with Gasteiger partial charge in [-0.15, -0.1) is 11.8 Å². The summed E-state index contributed by atoms with van der Waals surface area (Å²) in [6, 6.07) is 7.43. The number of unbranched alkanes of at least 4 members (excludes halogenated alkanes) is 2. The second-order valence-electron chi connectivity index (χ2n) is 3.65. The number of thioether (sulfide) groups is 1. The molecule has 3 nitrogen and oxygen atoms in total. The second kappa shape index (κ2) is 8.14. The van der Waals surface area contributed by atoms with E-state index >= 15 is 0 Å². The van der Waals surface area contributed by atoms with Gasteiger partial charge in [-0.1, -0.05) is 6.42 Å². The van der Waals surface area contributed by atoms with Gasteiger partial charge < -0.3 is 9.84 Å². The summed E-state index contributed by atoms with van der Waals surface area (Å²) in [7, 11) is 1.38. The number of ether oxygens (including phenoxy) is 1. The lowest BCUT2D eigenvalue weighted by atomic mass is 10.2. The lowest BCUT2D eigenvalue weighted by Crippen LogP contribution is -2.00. The van der Waals surface area contributed by atoms with E-state index in [1.807, 2.05) is 12.1 Å². The molecule has 1 N–H and O–H groups in total. The van der Waals surface area contributed by atoms with Crippen LogP contribution in [0.4, 0.5) is 0 Å². The standard InChI is InChI=1S/C13H18O3S/c1-16-13(15)11-5-7-12(8-6-11)17-10-4-2-3-9-14/h5-8,14H,2-4,9-10H2,1H3. The molecule has 0 heterocycles. The molecule has 0 fully saturated rings. The van der Waals surface area contributed by atoms with Gasteiger partial charge in [0.1, 0.15) is 0 Å². The molecule has 0 aliphatic heterocycles. The Morgan fingerprint density at radius 1 is 1.24 bits per heavy atom. The maximum atomic E-state index is 11.2. The van der Waals surface area contributed by atoms with Gasteiger partial charge in [-0.2, -0.15) is 0 Å². The highest BCUT2D eigenvalue weighted by Crippen LogP contribution is 2.20. The molecule has 0 aliphatic rings. The third kappa shape index (κ3) is 5.24. The predicted molar refractivity (Wildman–Crippen MR) is 69.4 cm³/mol. The molecular formula is C13H18O3S. The molecule has 0 unspecified atom stereocenters. The van der Waals surface area contributed by atoms with Crippen molar-refractivity contribution in [1.82, 2.24) is 0 Å². The number of benzene rings is 1. The second-order valence-corrected chi connectivity index (χ2v) is 4.82. The molecule has 4 heteroatoms. The maximum absolute atomic E-state index is 11.2. The van der Waals surface area contributed by atoms with Gasteiger partial charge in [0.05, 0.1) is 12.7 Å². The summed E-state index contributed by atoms with van der Waals surface area (Å²) >= 11 is 1.77. The topological polar surface area (TPSA) is 46.5 Å². The molecule has 1 aromatic rings. The largest absolute Gasteiger partial charge is 0.465 e. The first-order valence-electron chi connectivity index (χ1n) is 5.70. The van der Waals surface area contributed by atoms with Crippen LogP contribution in [0.25, 0.3) is 0 Å². The fraction of sp³-hybridized carbons (Fsp3) is 0.462. The van der Waals surface area contributed by atoms with Gasteiger partial charge in [-0.3, -0.25) is 0 Å². The number of carbonyl (C=O) groups is 1. The van der Waals surface area contributed by atoms with Crippen LogP contribution in [-0.4, -0.2) is 30.5 Å². The van der Waals surface area contributed by atoms with Crippen LogP contribution in [0.5, 0.6) is 0 Å². The van der Waals surface area contributed by atoms with Crippen molar-refractivity contribution in [1.29, 1.82) is 0 Å². The number of methoxy groups -OCH3 is 1. The first-order valence-corrected chi connectivity index (χ1v) is 6.68. The van der Waals surface area contributed by atoms with Gasteiger partial charge in [0.25, 0.3) is 0 Å². The Hall–Kier alpha value is -1.00. The van der Waals surface area contributed by atoms with Crippen LogP contribution >= 0.6 is 11.8 Å². The SMILES string of the molecule is COC(=O)c1ccc(SCCCCCO)cc1. The monoisotopic (exact) mass is 254 g/mol.